The Morgan fingerprint density at radius 2 is 1.92 bits per heavy atom. The van der Waals surface area contributed by atoms with Crippen molar-refractivity contribution in [3.8, 4) is 0 Å². The first kappa shape index (κ1) is 17.0. The Balaban J connectivity index is 1.60. The summed E-state index contributed by atoms with van der Waals surface area (Å²) in [7, 11) is 0. The molecule has 0 saturated carbocycles. The van der Waals surface area contributed by atoms with Gasteiger partial charge in [0.25, 0.3) is 0 Å². The molecule has 0 aliphatic heterocycles. The van der Waals surface area contributed by atoms with Gasteiger partial charge in [-0.3, -0.25) is 5.32 Å². The van der Waals surface area contributed by atoms with Crippen LogP contribution in [0.4, 0.5) is 10.6 Å². The number of fused-ring (bicyclic) bond motifs is 1. The number of amides is 2. The Kier molecular flexibility index (Phi) is 5.00. The summed E-state index contributed by atoms with van der Waals surface area (Å²) in [6.07, 6.45) is 0.866. The van der Waals surface area contributed by atoms with E-state index in [1.165, 1.54) is 0 Å². The standard InChI is InChI=1S/C19H22N4O2/c1-13(2)23-18(9-10-21-23)22-19(25)20-12-17(24)16-8-7-14-5-3-4-6-15(14)11-16/h3-11,13,17,24H,12H2,1-2H3,(H2,20,22,25). The van der Waals surface area contributed by atoms with E-state index in [9.17, 15) is 9.90 Å². The second kappa shape index (κ2) is 7.36. The number of rotatable bonds is 5. The largest absolute Gasteiger partial charge is 0.387 e. The molecule has 1 unspecified atom stereocenters. The minimum atomic E-state index is -0.773. The van der Waals surface area contributed by atoms with Crippen LogP contribution in [0.2, 0.25) is 0 Å². The molecule has 0 fully saturated rings. The zero-order chi connectivity index (χ0) is 17.8. The minimum absolute atomic E-state index is 0.125. The number of hydrogen-bond acceptors (Lipinski definition) is 3. The van der Waals surface area contributed by atoms with Gasteiger partial charge in [-0.2, -0.15) is 5.10 Å². The topological polar surface area (TPSA) is 79.2 Å². The molecule has 130 valence electrons. The first-order valence-electron chi connectivity index (χ1n) is 8.29. The van der Waals surface area contributed by atoms with Crippen LogP contribution in [0.3, 0.4) is 0 Å². The van der Waals surface area contributed by atoms with Gasteiger partial charge in [0.15, 0.2) is 0 Å². The van der Waals surface area contributed by atoms with E-state index in [0.717, 1.165) is 16.3 Å². The highest BCUT2D eigenvalue weighted by atomic mass is 16.3. The molecule has 0 bridgehead atoms. The molecule has 2 aromatic carbocycles. The van der Waals surface area contributed by atoms with Crippen molar-refractivity contribution in [2.75, 3.05) is 11.9 Å². The number of aromatic nitrogens is 2. The second-order valence-corrected chi connectivity index (χ2v) is 6.21. The molecule has 0 spiro atoms. The Bertz CT molecular complexity index is 872. The molecule has 25 heavy (non-hydrogen) atoms. The normalized spacial score (nSPS) is 12.3. The molecule has 1 aromatic heterocycles. The van der Waals surface area contributed by atoms with Crippen molar-refractivity contribution in [2.45, 2.75) is 26.0 Å². The summed E-state index contributed by atoms with van der Waals surface area (Å²) in [4.78, 5) is 12.1. The number of anilines is 1. The van der Waals surface area contributed by atoms with Gasteiger partial charge in [0.1, 0.15) is 5.82 Å². The van der Waals surface area contributed by atoms with E-state index in [2.05, 4.69) is 15.7 Å². The number of aliphatic hydroxyl groups is 1. The molecular formula is C19H22N4O2. The fourth-order valence-corrected chi connectivity index (χ4v) is 2.71. The van der Waals surface area contributed by atoms with Crippen molar-refractivity contribution in [3.63, 3.8) is 0 Å². The highest BCUT2D eigenvalue weighted by molar-refractivity contribution is 5.88. The van der Waals surface area contributed by atoms with Crippen LogP contribution in [-0.2, 0) is 0 Å². The van der Waals surface area contributed by atoms with Crippen LogP contribution in [0.5, 0.6) is 0 Å². The molecule has 3 N–H and O–H groups in total. The Hall–Kier alpha value is -2.86. The maximum atomic E-state index is 12.1. The SMILES string of the molecule is CC(C)n1nccc1NC(=O)NCC(O)c1ccc2ccccc2c1. The lowest BCUT2D eigenvalue weighted by atomic mass is 10.0. The van der Waals surface area contributed by atoms with Crippen LogP contribution >= 0.6 is 0 Å². The third kappa shape index (κ3) is 3.97. The zero-order valence-corrected chi connectivity index (χ0v) is 14.3. The Morgan fingerprint density at radius 1 is 1.16 bits per heavy atom. The quantitative estimate of drug-likeness (QED) is 0.666. The number of nitrogens with zero attached hydrogens (tertiary/aromatic N) is 2. The molecule has 6 heteroatoms. The molecule has 0 aliphatic rings. The Morgan fingerprint density at radius 3 is 2.68 bits per heavy atom. The smallest absolute Gasteiger partial charge is 0.320 e. The van der Waals surface area contributed by atoms with Crippen LogP contribution < -0.4 is 10.6 Å². The second-order valence-electron chi connectivity index (χ2n) is 6.21. The number of aliphatic hydroxyl groups excluding tert-OH is 1. The number of carbonyl (C=O) groups is 1. The summed E-state index contributed by atoms with van der Waals surface area (Å²) in [5.74, 6) is 0.618. The predicted octanol–water partition coefficient (Wildman–Crippen LogP) is 3.47. The molecule has 0 radical (unpaired) electrons. The zero-order valence-electron chi connectivity index (χ0n) is 14.3. The van der Waals surface area contributed by atoms with Gasteiger partial charge in [-0.25, -0.2) is 9.48 Å². The fourth-order valence-electron chi connectivity index (χ4n) is 2.71. The van der Waals surface area contributed by atoms with Crippen molar-refractivity contribution >= 4 is 22.6 Å². The molecule has 0 aliphatic carbocycles. The first-order chi connectivity index (χ1) is 12.0. The predicted molar refractivity (Wildman–Crippen MR) is 98.5 cm³/mol. The van der Waals surface area contributed by atoms with E-state index in [1.54, 1.807) is 16.9 Å². The fraction of sp³-hybridized carbons (Fsp3) is 0.263. The highest BCUT2D eigenvalue weighted by Crippen LogP contribution is 2.20. The van der Waals surface area contributed by atoms with Gasteiger partial charge in [-0.1, -0.05) is 36.4 Å². The van der Waals surface area contributed by atoms with E-state index < -0.39 is 6.10 Å². The van der Waals surface area contributed by atoms with Crippen LogP contribution in [0.15, 0.2) is 54.7 Å². The number of hydrogen-bond donors (Lipinski definition) is 3. The lowest BCUT2D eigenvalue weighted by Crippen LogP contribution is -2.33. The van der Waals surface area contributed by atoms with Gasteiger partial charge in [-0.05, 0) is 36.2 Å². The van der Waals surface area contributed by atoms with Crippen LogP contribution in [0, 0.1) is 0 Å². The lowest BCUT2D eigenvalue weighted by molar-refractivity contribution is 0.175. The number of nitrogens with one attached hydrogen (secondary N) is 2. The molecule has 6 nitrogen and oxygen atoms in total. The summed E-state index contributed by atoms with van der Waals surface area (Å²) >= 11 is 0. The summed E-state index contributed by atoms with van der Waals surface area (Å²) in [5.41, 5.74) is 0.770. The van der Waals surface area contributed by atoms with Crippen molar-refractivity contribution in [1.29, 1.82) is 0 Å². The number of benzene rings is 2. The summed E-state index contributed by atoms with van der Waals surface area (Å²) in [6, 6.07) is 15.3. The van der Waals surface area contributed by atoms with Crippen LogP contribution in [-0.4, -0.2) is 27.5 Å². The summed E-state index contributed by atoms with van der Waals surface area (Å²) < 4.78 is 1.72. The molecule has 3 rings (SSSR count). The van der Waals surface area contributed by atoms with Crippen molar-refractivity contribution in [2.24, 2.45) is 0 Å². The lowest BCUT2D eigenvalue weighted by Gasteiger charge is -2.15. The summed E-state index contributed by atoms with van der Waals surface area (Å²) in [6.45, 7) is 4.10. The highest BCUT2D eigenvalue weighted by Gasteiger charge is 2.12. The molecule has 2 amide bonds. The maximum Gasteiger partial charge on any atom is 0.320 e. The molecule has 1 heterocycles. The molecule has 3 aromatic rings. The number of urea groups is 1. The number of carbonyl (C=O) groups excluding carboxylic acids is 1. The van der Waals surface area contributed by atoms with E-state index in [-0.39, 0.29) is 18.6 Å². The van der Waals surface area contributed by atoms with Crippen LogP contribution in [0.1, 0.15) is 31.6 Å². The Labute approximate surface area is 146 Å². The minimum Gasteiger partial charge on any atom is -0.387 e. The van der Waals surface area contributed by atoms with Crippen LogP contribution in [0.25, 0.3) is 10.8 Å². The van der Waals surface area contributed by atoms with Crippen molar-refractivity contribution in [3.05, 3.63) is 60.3 Å². The van der Waals surface area contributed by atoms with Crippen molar-refractivity contribution in [1.82, 2.24) is 15.1 Å². The average molecular weight is 338 g/mol. The van der Waals surface area contributed by atoms with E-state index in [1.807, 2.05) is 56.3 Å². The monoisotopic (exact) mass is 338 g/mol. The third-order valence-corrected chi connectivity index (χ3v) is 4.02. The third-order valence-electron chi connectivity index (χ3n) is 4.02. The van der Waals surface area contributed by atoms with E-state index in [0.29, 0.717) is 5.82 Å². The van der Waals surface area contributed by atoms with Gasteiger partial charge < -0.3 is 10.4 Å². The van der Waals surface area contributed by atoms with Gasteiger partial charge in [0.05, 0.1) is 12.3 Å². The van der Waals surface area contributed by atoms with Crippen molar-refractivity contribution < 1.29 is 9.90 Å². The van der Waals surface area contributed by atoms with Gasteiger partial charge in [0.2, 0.25) is 0 Å². The van der Waals surface area contributed by atoms with Gasteiger partial charge >= 0.3 is 6.03 Å². The van der Waals surface area contributed by atoms with Gasteiger partial charge in [-0.15, -0.1) is 0 Å². The summed E-state index contributed by atoms with van der Waals surface area (Å²) in [5, 5.41) is 22.1. The van der Waals surface area contributed by atoms with E-state index >= 15 is 0 Å². The average Bonchev–Trinajstić information content (AvgIpc) is 3.07. The molecular weight excluding hydrogens is 316 g/mol. The maximum absolute atomic E-state index is 12.1. The van der Waals surface area contributed by atoms with Gasteiger partial charge in [0, 0.05) is 18.7 Å². The molecule has 0 saturated heterocycles. The molecule has 1 atom stereocenters. The van der Waals surface area contributed by atoms with E-state index in [4.69, 9.17) is 0 Å². The first-order valence-corrected chi connectivity index (χ1v) is 8.29.